The Bertz CT molecular complexity index is 1040. The summed E-state index contributed by atoms with van der Waals surface area (Å²) in [4.78, 5) is 11.4. The summed E-state index contributed by atoms with van der Waals surface area (Å²) in [6, 6.07) is 1.42. The third kappa shape index (κ3) is 4.08. The van der Waals surface area contributed by atoms with Crippen molar-refractivity contribution in [3.8, 4) is 11.5 Å². The minimum Gasteiger partial charge on any atom is -0.387 e. The molecule has 0 aliphatic carbocycles. The predicted octanol–water partition coefficient (Wildman–Crippen LogP) is 3.23. The lowest BCUT2D eigenvalue weighted by Gasteiger charge is -2.11. The number of nitrogens with one attached hydrogen (secondary N) is 1. The molecule has 2 rings (SSSR count). The Balaban J connectivity index is 2.75. The van der Waals surface area contributed by atoms with E-state index in [1.165, 1.54) is 23.8 Å². The van der Waals surface area contributed by atoms with E-state index in [9.17, 15) is 21.6 Å². The zero-order valence-corrected chi connectivity index (χ0v) is 16.6. The second-order valence-corrected chi connectivity index (χ2v) is 8.12. The van der Waals surface area contributed by atoms with Gasteiger partial charge in [-0.1, -0.05) is 6.92 Å². The molecule has 2 aromatic heterocycles. The number of rotatable bonds is 6. The molecule has 0 aliphatic rings. The second kappa shape index (κ2) is 7.74. The van der Waals surface area contributed by atoms with E-state index in [1.54, 1.807) is 21.0 Å². The summed E-state index contributed by atoms with van der Waals surface area (Å²) in [7, 11) is -0.473. The Labute approximate surface area is 161 Å². The lowest BCUT2D eigenvalue weighted by Crippen LogP contribution is -2.09. The number of nitrogens with zero attached hydrogens (tertiary/aromatic N) is 4. The number of aromatic nitrogens is 3. The van der Waals surface area contributed by atoms with Gasteiger partial charge in [0.15, 0.2) is 15.7 Å². The van der Waals surface area contributed by atoms with Crippen molar-refractivity contribution in [1.82, 2.24) is 14.5 Å². The quantitative estimate of drug-likeness (QED) is 0.732. The van der Waals surface area contributed by atoms with E-state index >= 15 is 0 Å². The van der Waals surface area contributed by atoms with Gasteiger partial charge in [-0.3, -0.25) is 4.99 Å². The Kier molecular flexibility index (Phi) is 5.97. The average Bonchev–Trinajstić information content (AvgIpc) is 2.92. The van der Waals surface area contributed by atoms with Gasteiger partial charge >= 0.3 is 6.18 Å². The van der Waals surface area contributed by atoms with Gasteiger partial charge in [0.25, 0.3) is 0 Å². The topological polar surface area (TPSA) is 89.2 Å². The first-order valence-electron chi connectivity index (χ1n) is 8.16. The molecule has 2 heterocycles. The number of imidazole rings is 1. The van der Waals surface area contributed by atoms with E-state index in [1.807, 2.05) is 0 Å². The molecule has 0 saturated carbocycles. The molecular formula is C17H20F3N5O2S. The lowest BCUT2D eigenvalue weighted by molar-refractivity contribution is -0.0912. The van der Waals surface area contributed by atoms with Crippen LogP contribution in [0.2, 0.25) is 0 Å². The van der Waals surface area contributed by atoms with E-state index in [4.69, 9.17) is 0 Å². The fourth-order valence-corrected chi connectivity index (χ4v) is 3.49. The minimum atomic E-state index is -4.69. The van der Waals surface area contributed by atoms with Gasteiger partial charge in [0.05, 0.1) is 28.2 Å². The van der Waals surface area contributed by atoms with Gasteiger partial charge in [0.2, 0.25) is 0 Å². The van der Waals surface area contributed by atoms with Crippen LogP contribution in [0.5, 0.6) is 0 Å². The first-order chi connectivity index (χ1) is 13.0. The number of aliphatic imine (C=N–C) groups is 1. The Hall–Kier alpha value is -2.69. The van der Waals surface area contributed by atoms with Crippen molar-refractivity contribution in [2.24, 2.45) is 12.0 Å². The Morgan fingerprint density at radius 3 is 2.57 bits per heavy atom. The van der Waals surface area contributed by atoms with Gasteiger partial charge in [-0.2, -0.15) is 13.2 Å². The third-order valence-corrected chi connectivity index (χ3v) is 5.96. The number of hydrogen-bond acceptors (Lipinski definition) is 6. The number of hydrogen-bond donors (Lipinski definition) is 1. The zero-order valence-electron chi connectivity index (χ0n) is 15.8. The summed E-state index contributed by atoms with van der Waals surface area (Å²) in [6.45, 7) is 6.01. The van der Waals surface area contributed by atoms with Crippen LogP contribution >= 0.6 is 0 Å². The third-order valence-electron chi connectivity index (χ3n) is 4.22. The predicted molar refractivity (Wildman–Crippen MR) is 102 cm³/mol. The minimum absolute atomic E-state index is 0.00318. The summed E-state index contributed by atoms with van der Waals surface area (Å²) in [5, 5.41) is 2.82. The van der Waals surface area contributed by atoms with Crippen molar-refractivity contribution in [2.45, 2.75) is 24.9 Å². The SMILES string of the molecule is C=N/C(=C\c1nc(-c2ncc(NC)cc2S(=O)(=O)CC)n(C)c1C)C(F)(F)F. The van der Waals surface area contributed by atoms with E-state index < -0.39 is 21.7 Å². The highest BCUT2D eigenvalue weighted by Crippen LogP contribution is 2.32. The molecule has 0 bridgehead atoms. The summed E-state index contributed by atoms with van der Waals surface area (Å²) < 4.78 is 65.5. The van der Waals surface area contributed by atoms with Crippen molar-refractivity contribution >= 4 is 28.3 Å². The first kappa shape index (κ1) is 21.6. The van der Waals surface area contributed by atoms with Gasteiger partial charge in [0, 0.05) is 19.8 Å². The molecule has 0 amide bonds. The van der Waals surface area contributed by atoms with Crippen LogP contribution < -0.4 is 5.32 Å². The molecular weight excluding hydrogens is 395 g/mol. The van der Waals surface area contributed by atoms with E-state index in [0.717, 1.165) is 6.08 Å². The Morgan fingerprint density at radius 1 is 1.43 bits per heavy atom. The monoisotopic (exact) mass is 415 g/mol. The number of anilines is 1. The molecule has 0 saturated heterocycles. The number of alkyl halides is 3. The van der Waals surface area contributed by atoms with Crippen LogP contribution in [-0.4, -0.2) is 48.6 Å². The molecule has 7 nitrogen and oxygen atoms in total. The van der Waals surface area contributed by atoms with Crippen molar-refractivity contribution in [3.63, 3.8) is 0 Å². The molecule has 1 N–H and O–H groups in total. The number of halogens is 3. The average molecular weight is 415 g/mol. The first-order valence-corrected chi connectivity index (χ1v) is 9.81. The van der Waals surface area contributed by atoms with Crippen LogP contribution in [0.4, 0.5) is 18.9 Å². The van der Waals surface area contributed by atoms with Gasteiger partial charge in [-0.05, 0) is 25.8 Å². The highest BCUT2D eigenvalue weighted by molar-refractivity contribution is 7.91. The number of sulfone groups is 1. The standard InChI is InChI=1S/C17H20F3N5O2S/c1-6-28(26,27)13-7-11(21-3)9-23-15(13)16-24-12(10(2)25(16)5)8-14(22-4)17(18,19)20/h7-9,21H,4,6H2,1-3,5H3/b14-8-. The second-order valence-electron chi connectivity index (χ2n) is 5.87. The molecule has 0 atom stereocenters. The number of pyridine rings is 1. The molecule has 0 aromatic carbocycles. The van der Waals surface area contributed by atoms with Gasteiger partial charge in [-0.15, -0.1) is 0 Å². The van der Waals surface area contributed by atoms with Gasteiger partial charge in [-0.25, -0.2) is 18.4 Å². The van der Waals surface area contributed by atoms with Crippen molar-refractivity contribution < 1.29 is 21.6 Å². The van der Waals surface area contributed by atoms with Crippen LogP contribution in [0, 0.1) is 6.92 Å². The summed E-state index contributed by atoms with van der Waals surface area (Å²) >= 11 is 0. The van der Waals surface area contributed by atoms with Gasteiger partial charge < -0.3 is 9.88 Å². The maximum Gasteiger partial charge on any atom is 0.433 e. The van der Waals surface area contributed by atoms with Crippen LogP contribution in [0.1, 0.15) is 18.3 Å². The molecule has 11 heteroatoms. The smallest absolute Gasteiger partial charge is 0.387 e. The fraction of sp³-hybridized carbons (Fsp3) is 0.353. The van der Waals surface area contributed by atoms with E-state index in [0.29, 0.717) is 11.4 Å². The van der Waals surface area contributed by atoms with Crippen molar-refractivity contribution in [3.05, 3.63) is 29.3 Å². The van der Waals surface area contributed by atoms with Gasteiger partial charge in [0.1, 0.15) is 11.4 Å². The lowest BCUT2D eigenvalue weighted by atomic mass is 10.3. The highest BCUT2D eigenvalue weighted by atomic mass is 32.2. The molecule has 0 fully saturated rings. The molecule has 0 spiro atoms. The van der Waals surface area contributed by atoms with Crippen molar-refractivity contribution in [1.29, 1.82) is 0 Å². The van der Waals surface area contributed by atoms with Crippen LogP contribution in [0.3, 0.4) is 0 Å². The summed E-state index contributed by atoms with van der Waals surface area (Å²) in [5.74, 6) is -0.0344. The zero-order chi connectivity index (χ0) is 21.3. The molecule has 152 valence electrons. The van der Waals surface area contributed by atoms with E-state index in [2.05, 4.69) is 27.0 Å². The molecule has 0 unspecified atom stereocenters. The van der Waals surface area contributed by atoms with E-state index in [-0.39, 0.29) is 27.9 Å². The molecule has 2 aromatic rings. The molecule has 0 radical (unpaired) electrons. The van der Waals surface area contributed by atoms with Crippen LogP contribution in [0.15, 0.2) is 27.8 Å². The molecule has 28 heavy (non-hydrogen) atoms. The largest absolute Gasteiger partial charge is 0.433 e. The highest BCUT2D eigenvalue weighted by Gasteiger charge is 2.34. The van der Waals surface area contributed by atoms with Crippen molar-refractivity contribution in [2.75, 3.05) is 18.1 Å². The maximum absolute atomic E-state index is 13.0. The normalized spacial score (nSPS) is 12.9. The van der Waals surface area contributed by atoms with Crippen LogP contribution in [-0.2, 0) is 16.9 Å². The van der Waals surface area contributed by atoms with Crippen LogP contribution in [0.25, 0.3) is 17.6 Å². The number of allylic oxidation sites excluding steroid dienone is 1. The molecule has 0 aliphatic heterocycles. The summed E-state index contributed by atoms with van der Waals surface area (Å²) in [5.41, 5.74) is -0.264. The summed E-state index contributed by atoms with van der Waals surface area (Å²) in [6.07, 6.45) is -2.49. The fourth-order valence-electron chi connectivity index (χ4n) is 2.44. The Morgan fingerprint density at radius 2 is 2.07 bits per heavy atom. The maximum atomic E-state index is 13.0.